The van der Waals surface area contributed by atoms with E-state index in [0.29, 0.717) is 30.3 Å². The number of carboxylic acid groups (broad SMARTS) is 1. The number of hydrogen-bond acceptors (Lipinski definition) is 6. The van der Waals surface area contributed by atoms with Crippen LogP contribution < -0.4 is 19.1 Å². The second-order valence-electron chi connectivity index (χ2n) is 7.23. The molecule has 1 aliphatic heterocycles. The smallest absolute Gasteiger partial charge is 0.303 e. The molecule has 30 heavy (non-hydrogen) atoms. The van der Waals surface area contributed by atoms with Gasteiger partial charge in [0.1, 0.15) is 0 Å². The number of piperazine rings is 1. The fraction of sp³-hybridized carbons (Fsp3) is 0.435. The first-order chi connectivity index (χ1) is 14.6. The average Bonchev–Trinajstić information content (AvgIpc) is 2.78. The summed E-state index contributed by atoms with van der Waals surface area (Å²) in [6, 6.07) is 14.4. The van der Waals surface area contributed by atoms with Crippen LogP contribution in [0.1, 0.15) is 18.4 Å². The number of rotatable bonds is 10. The van der Waals surface area contributed by atoms with Crippen molar-refractivity contribution < 1.29 is 24.1 Å². The third-order valence-electron chi connectivity index (χ3n) is 5.25. The van der Waals surface area contributed by atoms with Gasteiger partial charge < -0.3 is 24.2 Å². The van der Waals surface area contributed by atoms with Gasteiger partial charge in [-0.2, -0.15) is 0 Å². The third kappa shape index (κ3) is 5.57. The predicted octanol–water partition coefficient (Wildman–Crippen LogP) is 3.27. The van der Waals surface area contributed by atoms with E-state index in [9.17, 15) is 4.79 Å². The lowest BCUT2D eigenvalue weighted by Gasteiger charge is -2.36. The maximum absolute atomic E-state index is 10.8. The summed E-state index contributed by atoms with van der Waals surface area (Å²) >= 11 is 0. The van der Waals surface area contributed by atoms with Gasteiger partial charge in [0.25, 0.3) is 0 Å². The molecule has 7 nitrogen and oxygen atoms in total. The Morgan fingerprint density at radius 1 is 0.967 bits per heavy atom. The lowest BCUT2D eigenvalue weighted by Crippen LogP contribution is -2.46. The highest BCUT2D eigenvalue weighted by atomic mass is 16.5. The minimum atomic E-state index is -0.826. The number of hydrogen-bond donors (Lipinski definition) is 1. The molecule has 1 aliphatic rings. The molecule has 1 N–H and O–H groups in total. The molecule has 1 saturated heterocycles. The number of ether oxygens (including phenoxy) is 3. The molecular formula is C23H30N2O5. The van der Waals surface area contributed by atoms with Crippen molar-refractivity contribution in [2.75, 3.05) is 51.9 Å². The molecule has 1 fully saturated rings. The Hall–Kier alpha value is -2.93. The molecule has 0 atom stereocenters. The van der Waals surface area contributed by atoms with Crippen LogP contribution in [0.4, 0.5) is 5.69 Å². The van der Waals surface area contributed by atoms with Crippen LogP contribution in [-0.2, 0) is 11.3 Å². The quantitative estimate of drug-likeness (QED) is 0.598. The highest BCUT2D eigenvalue weighted by molar-refractivity contribution is 5.66. The standard InChI is InChI=1S/C23H30N2O5/c1-28-20-11-10-18(22(23(20)29-2)30-16-6-9-21(26)27)17-24-12-14-25(15-13-24)19-7-4-3-5-8-19/h3-5,7-8,10-11H,6,9,12-17H2,1-2H3,(H,26,27). The van der Waals surface area contributed by atoms with E-state index in [1.165, 1.54) is 5.69 Å². The normalized spacial score (nSPS) is 14.4. The molecule has 2 aromatic rings. The maximum atomic E-state index is 10.8. The predicted molar refractivity (Wildman–Crippen MR) is 116 cm³/mol. The van der Waals surface area contributed by atoms with Gasteiger partial charge in [0.05, 0.1) is 20.8 Å². The summed E-state index contributed by atoms with van der Waals surface area (Å²) in [6.07, 6.45) is 0.508. The molecule has 0 unspecified atom stereocenters. The van der Waals surface area contributed by atoms with Gasteiger partial charge in [-0.05, 0) is 24.6 Å². The Labute approximate surface area is 177 Å². The Bertz CT molecular complexity index is 820. The number of aliphatic carboxylic acids is 1. The van der Waals surface area contributed by atoms with Crippen LogP contribution in [0.2, 0.25) is 0 Å². The number of para-hydroxylation sites is 1. The average molecular weight is 415 g/mol. The molecule has 1 heterocycles. The van der Waals surface area contributed by atoms with E-state index in [4.69, 9.17) is 19.3 Å². The van der Waals surface area contributed by atoms with Crippen molar-refractivity contribution in [2.24, 2.45) is 0 Å². The van der Waals surface area contributed by atoms with Gasteiger partial charge in [-0.25, -0.2) is 0 Å². The van der Waals surface area contributed by atoms with E-state index in [1.807, 2.05) is 18.2 Å². The molecule has 3 rings (SSSR count). The molecule has 0 saturated carbocycles. The zero-order valence-electron chi connectivity index (χ0n) is 17.7. The molecule has 0 radical (unpaired) electrons. The zero-order valence-corrected chi connectivity index (χ0v) is 17.7. The van der Waals surface area contributed by atoms with Crippen LogP contribution in [0.25, 0.3) is 0 Å². The van der Waals surface area contributed by atoms with Gasteiger partial charge in [0.15, 0.2) is 11.5 Å². The fourth-order valence-electron chi connectivity index (χ4n) is 3.66. The Balaban J connectivity index is 1.68. The number of carboxylic acids is 1. The highest BCUT2D eigenvalue weighted by Crippen LogP contribution is 2.40. The molecule has 0 aliphatic carbocycles. The Kier molecular flexibility index (Phi) is 7.79. The summed E-state index contributed by atoms with van der Waals surface area (Å²) in [6.45, 7) is 4.86. The van der Waals surface area contributed by atoms with E-state index in [2.05, 4.69) is 34.1 Å². The van der Waals surface area contributed by atoms with E-state index in [-0.39, 0.29) is 6.42 Å². The van der Waals surface area contributed by atoms with Crippen LogP contribution in [0.5, 0.6) is 17.2 Å². The van der Waals surface area contributed by atoms with Crippen molar-refractivity contribution in [3.8, 4) is 17.2 Å². The number of methoxy groups -OCH3 is 2. The molecule has 0 bridgehead atoms. The van der Waals surface area contributed by atoms with Crippen molar-refractivity contribution in [1.82, 2.24) is 4.90 Å². The monoisotopic (exact) mass is 414 g/mol. The first-order valence-corrected chi connectivity index (χ1v) is 10.2. The first kappa shape index (κ1) is 21.8. The molecule has 0 spiro atoms. The number of nitrogens with zero attached hydrogens (tertiary/aromatic N) is 2. The van der Waals surface area contributed by atoms with Crippen LogP contribution in [0.15, 0.2) is 42.5 Å². The van der Waals surface area contributed by atoms with Crippen molar-refractivity contribution in [1.29, 1.82) is 0 Å². The second-order valence-corrected chi connectivity index (χ2v) is 7.23. The summed E-state index contributed by atoms with van der Waals surface area (Å²) in [5.41, 5.74) is 2.27. The van der Waals surface area contributed by atoms with E-state index in [0.717, 1.165) is 38.3 Å². The lowest BCUT2D eigenvalue weighted by atomic mass is 10.1. The highest BCUT2D eigenvalue weighted by Gasteiger charge is 2.22. The van der Waals surface area contributed by atoms with Crippen molar-refractivity contribution in [2.45, 2.75) is 19.4 Å². The van der Waals surface area contributed by atoms with Crippen LogP contribution in [-0.4, -0.2) is 63.0 Å². The zero-order chi connectivity index (χ0) is 21.3. The second kappa shape index (κ2) is 10.7. The molecule has 162 valence electrons. The van der Waals surface area contributed by atoms with Crippen LogP contribution in [0.3, 0.4) is 0 Å². The largest absolute Gasteiger partial charge is 0.493 e. The van der Waals surface area contributed by atoms with Crippen LogP contribution in [0, 0.1) is 0 Å². The van der Waals surface area contributed by atoms with Gasteiger partial charge in [-0.3, -0.25) is 9.69 Å². The van der Waals surface area contributed by atoms with E-state index >= 15 is 0 Å². The number of carbonyl (C=O) groups is 1. The van der Waals surface area contributed by atoms with Gasteiger partial charge in [-0.1, -0.05) is 24.3 Å². The first-order valence-electron chi connectivity index (χ1n) is 10.2. The van der Waals surface area contributed by atoms with Crippen molar-refractivity contribution >= 4 is 11.7 Å². The fourth-order valence-corrected chi connectivity index (χ4v) is 3.66. The topological polar surface area (TPSA) is 71.5 Å². The number of benzene rings is 2. The summed E-state index contributed by atoms with van der Waals surface area (Å²) in [7, 11) is 3.18. The maximum Gasteiger partial charge on any atom is 0.303 e. The van der Waals surface area contributed by atoms with E-state index in [1.54, 1.807) is 14.2 Å². The molecule has 2 aromatic carbocycles. The summed E-state index contributed by atoms with van der Waals surface area (Å²) in [5, 5.41) is 8.86. The Morgan fingerprint density at radius 2 is 1.70 bits per heavy atom. The van der Waals surface area contributed by atoms with E-state index < -0.39 is 5.97 Å². The molecule has 0 amide bonds. The number of anilines is 1. The lowest BCUT2D eigenvalue weighted by molar-refractivity contribution is -0.137. The minimum absolute atomic E-state index is 0.0725. The molecule has 7 heteroatoms. The van der Waals surface area contributed by atoms with Gasteiger partial charge in [0.2, 0.25) is 5.75 Å². The summed E-state index contributed by atoms with van der Waals surface area (Å²) in [4.78, 5) is 15.6. The minimum Gasteiger partial charge on any atom is -0.493 e. The van der Waals surface area contributed by atoms with Gasteiger partial charge >= 0.3 is 5.97 Å². The summed E-state index contributed by atoms with van der Waals surface area (Å²) in [5.74, 6) is 0.956. The molecular weight excluding hydrogens is 384 g/mol. The van der Waals surface area contributed by atoms with Crippen molar-refractivity contribution in [3.63, 3.8) is 0 Å². The van der Waals surface area contributed by atoms with Gasteiger partial charge in [-0.15, -0.1) is 0 Å². The van der Waals surface area contributed by atoms with Crippen LogP contribution >= 0.6 is 0 Å². The Morgan fingerprint density at radius 3 is 2.33 bits per heavy atom. The third-order valence-corrected chi connectivity index (χ3v) is 5.25. The van der Waals surface area contributed by atoms with Crippen molar-refractivity contribution in [3.05, 3.63) is 48.0 Å². The SMILES string of the molecule is COc1ccc(CN2CCN(c3ccccc3)CC2)c(OCCCC(=O)O)c1OC. The van der Waals surface area contributed by atoms with Gasteiger partial charge in [0, 0.05) is 50.4 Å². The molecule has 0 aromatic heterocycles. The summed E-state index contributed by atoms with van der Waals surface area (Å²) < 4.78 is 16.9.